The third-order valence-corrected chi connectivity index (χ3v) is 5.89. The summed E-state index contributed by atoms with van der Waals surface area (Å²) in [6.07, 6.45) is -0.303. The standard InChI is InChI=1S/C19H21NO5S/c1-2-25-18(22)19(17(20)21,15-9-5-3-6-10-15)13-14-26(23,24)16-11-7-4-8-12-16/h3-12H,2,13-14H2,1H3,(H2,20,21). The fourth-order valence-corrected chi connectivity index (χ4v) is 4.12. The van der Waals surface area contributed by atoms with Crippen LogP contribution in [0.15, 0.2) is 65.6 Å². The quantitative estimate of drug-likeness (QED) is 0.560. The summed E-state index contributed by atoms with van der Waals surface area (Å²) in [5.74, 6) is -2.21. The van der Waals surface area contributed by atoms with E-state index in [1.807, 2.05) is 0 Å². The number of esters is 1. The molecule has 0 aliphatic carbocycles. The highest BCUT2D eigenvalue weighted by Gasteiger charge is 2.48. The van der Waals surface area contributed by atoms with Gasteiger partial charge in [0.2, 0.25) is 5.91 Å². The Bertz CT molecular complexity index is 865. The molecule has 138 valence electrons. The third-order valence-electron chi connectivity index (χ3n) is 4.16. The summed E-state index contributed by atoms with van der Waals surface area (Å²) < 4.78 is 30.3. The number of benzene rings is 2. The molecule has 0 saturated heterocycles. The van der Waals surface area contributed by atoms with Crippen molar-refractivity contribution in [3.05, 3.63) is 66.2 Å². The maximum Gasteiger partial charge on any atom is 0.326 e. The van der Waals surface area contributed by atoms with Gasteiger partial charge in [0.05, 0.1) is 17.3 Å². The fourth-order valence-electron chi connectivity index (χ4n) is 2.74. The first kappa shape index (κ1) is 19.7. The highest BCUT2D eigenvalue weighted by atomic mass is 32.2. The van der Waals surface area contributed by atoms with E-state index in [4.69, 9.17) is 10.5 Å². The van der Waals surface area contributed by atoms with Gasteiger partial charge in [0.1, 0.15) is 0 Å². The number of hydrogen-bond donors (Lipinski definition) is 1. The fraction of sp³-hybridized carbons (Fsp3) is 0.263. The smallest absolute Gasteiger partial charge is 0.326 e. The minimum absolute atomic E-state index is 0.0478. The van der Waals surface area contributed by atoms with Crippen LogP contribution in [-0.4, -0.2) is 32.7 Å². The number of rotatable bonds is 8. The molecule has 1 unspecified atom stereocenters. The van der Waals surface area contributed by atoms with E-state index in [9.17, 15) is 18.0 Å². The molecule has 2 N–H and O–H groups in total. The summed E-state index contributed by atoms with van der Waals surface area (Å²) >= 11 is 0. The van der Waals surface area contributed by atoms with Gasteiger partial charge in [0, 0.05) is 0 Å². The maximum absolute atomic E-state index is 12.6. The minimum Gasteiger partial charge on any atom is -0.465 e. The first-order valence-electron chi connectivity index (χ1n) is 8.15. The molecule has 2 aromatic rings. The lowest BCUT2D eigenvalue weighted by atomic mass is 9.77. The SMILES string of the molecule is CCOC(=O)C(CCS(=O)(=O)c1ccccc1)(C(N)=O)c1ccccc1. The van der Waals surface area contributed by atoms with Crippen LogP contribution in [0.3, 0.4) is 0 Å². The average molecular weight is 375 g/mol. The molecule has 0 aromatic heterocycles. The summed E-state index contributed by atoms with van der Waals surface area (Å²) in [6, 6.07) is 16.0. The van der Waals surface area contributed by atoms with Crippen molar-refractivity contribution in [3.63, 3.8) is 0 Å². The van der Waals surface area contributed by atoms with Gasteiger partial charge >= 0.3 is 5.97 Å². The summed E-state index contributed by atoms with van der Waals surface area (Å²) in [6.45, 7) is 1.65. The Kier molecular flexibility index (Phi) is 6.15. The molecule has 2 aromatic carbocycles. The number of amides is 1. The Balaban J connectivity index is 2.45. The van der Waals surface area contributed by atoms with Crippen molar-refractivity contribution >= 4 is 21.7 Å². The van der Waals surface area contributed by atoms with Crippen LogP contribution < -0.4 is 5.73 Å². The van der Waals surface area contributed by atoms with Gasteiger partial charge in [-0.25, -0.2) is 8.42 Å². The molecule has 6 nitrogen and oxygen atoms in total. The van der Waals surface area contributed by atoms with E-state index < -0.39 is 32.9 Å². The zero-order valence-corrected chi connectivity index (χ0v) is 15.2. The normalized spacial score (nSPS) is 13.6. The summed E-state index contributed by atoms with van der Waals surface area (Å²) in [7, 11) is -3.70. The van der Waals surface area contributed by atoms with Gasteiger partial charge in [-0.05, 0) is 31.0 Å². The van der Waals surface area contributed by atoms with E-state index in [0.717, 1.165) is 0 Å². The average Bonchev–Trinajstić information content (AvgIpc) is 2.64. The first-order valence-corrected chi connectivity index (χ1v) is 9.80. The molecular formula is C19H21NO5S. The number of hydrogen-bond acceptors (Lipinski definition) is 5. The number of primary amides is 1. The second-order valence-corrected chi connectivity index (χ2v) is 7.85. The zero-order chi connectivity index (χ0) is 19.2. The highest BCUT2D eigenvalue weighted by molar-refractivity contribution is 7.91. The van der Waals surface area contributed by atoms with E-state index in [2.05, 4.69) is 0 Å². The van der Waals surface area contributed by atoms with Crippen LogP contribution in [0.2, 0.25) is 0 Å². The topological polar surface area (TPSA) is 104 Å². The molecule has 0 aliphatic heterocycles. The first-order chi connectivity index (χ1) is 12.3. The van der Waals surface area contributed by atoms with Crippen molar-refractivity contribution in [1.82, 2.24) is 0 Å². The Morgan fingerprint density at radius 2 is 1.54 bits per heavy atom. The van der Waals surface area contributed by atoms with Crippen LogP contribution in [0.4, 0.5) is 0 Å². The van der Waals surface area contributed by atoms with Gasteiger partial charge in [-0.1, -0.05) is 48.5 Å². The summed E-state index contributed by atoms with van der Waals surface area (Å²) in [5.41, 5.74) is 4.02. The Morgan fingerprint density at radius 3 is 2.04 bits per heavy atom. The van der Waals surface area contributed by atoms with Crippen LogP contribution in [0.1, 0.15) is 18.9 Å². The highest BCUT2D eigenvalue weighted by Crippen LogP contribution is 2.31. The van der Waals surface area contributed by atoms with Crippen molar-refractivity contribution in [2.24, 2.45) is 5.73 Å². The lowest BCUT2D eigenvalue weighted by Gasteiger charge is -2.28. The lowest BCUT2D eigenvalue weighted by molar-refractivity contribution is -0.154. The second kappa shape index (κ2) is 8.14. The largest absolute Gasteiger partial charge is 0.465 e. The molecule has 0 heterocycles. The van der Waals surface area contributed by atoms with Crippen molar-refractivity contribution < 1.29 is 22.7 Å². The number of ether oxygens (including phenoxy) is 1. The van der Waals surface area contributed by atoms with Gasteiger partial charge < -0.3 is 10.5 Å². The molecule has 0 fully saturated rings. The predicted octanol–water partition coefficient (Wildman–Crippen LogP) is 1.84. The van der Waals surface area contributed by atoms with Crippen molar-refractivity contribution in [2.45, 2.75) is 23.7 Å². The van der Waals surface area contributed by atoms with Gasteiger partial charge in [0.15, 0.2) is 15.3 Å². The molecule has 26 heavy (non-hydrogen) atoms. The van der Waals surface area contributed by atoms with Gasteiger partial charge in [-0.3, -0.25) is 9.59 Å². The number of carbonyl (C=O) groups excluding carboxylic acids is 2. The third kappa shape index (κ3) is 3.94. The molecule has 0 radical (unpaired) electrons. The zero-order valence-electron chi connectivity index (χ0n) is 14.4. The minimum atomic E-state index is -3.70. The molecule has 2 rings (SSSR count). The van der Waals surface area contributed by atoms with Crippen LogP contribution in [-0.2, 0) is 29.6 Å². The molecule has 0 aliphatic rings. The molecule has 0 spiro atoms. The van der Waals surface area contributed by atoms with E-state index in [1.54, 1.807) is 55.5 Å². The van der Waals surface area contributed by atoms with E-state index >= 15 is 0 Å². The van der Waals surface area contributed by atoms with Crippen molar-refractivity contribution in [2.75, 3.05) is 12.4 Å². The molecular weight excluding hydrogens is 354 g/mol. The van der Waals surface area contributed by atoms with E-state index in [-0.39, 0.29) is 17.9 Å². The van der Waals surface area contributed by atoms with Gasteiger partial charge in [0.25, 0.3) is 0 Å². The van der Waals surface area contributed by atoms with Crippen LogP contribution in [0.25, 0.3) is 0 Å². The van der Waals surface area contributed by atoms with Gasteiger partial charge in [-0.2, -0.15) is 0 Å². The second-order valence-electron chi connectivity index (χ2n) is 5.74. The Morgan fingerprint density at radius 1 is 1.00 bits per heavy atom. The Hall–Kier alpha value is -2.67. The van der Waals surface area contributed by atoms with Crippen LogP contribution >= 0.6 is 0 Å². The lowest BCUT2D eigenvalue weighted by Crippen LogP contribution is -2.50. The summed E-state index contributed by atoms with van der Waals surface area (Å²) in [4.78, 5) is 25.1. The number of nitrogens with two attached hydrogens (primary N) is 1. The van der Waals surface area contributed by atoms with E-state index in [1.165, 1.54) is 12.1 Å². The molecule has 0 bridgehead atoms. The van der Waals surface area contributed by atoms with Crippen LogP contribution in [0.5, 0.6) is 0 Å². The maximum atomic E-state index is 12.6. The monoisotopic (exact) mass is 375 g/mol. The summed E-state index contributed by atoms with van der Waals surface area (Å²) in [5, 5.41) is 0. The molecule has 7 heteroatoms. The van der Waals surface area contributed by atoms with Crippen LogP contribution in [0, 0.1) is 0 Å². The van der Waals surface area contributed by atoms with E-state index in [0.29, 0.717) is 5.56 Å². The number of sulfone groups is 1. The molecule has 0 saturated carbocycles. The van der Waals surface area contributed by atoms with Crippen molar-refractivity contribution in [1.29, 1.82) is 0 Å². The molecule has 1 amide bonds. The number of carbonyl (C=O) groups is 2. The Labute approximate surface area is 152 Å². The van der Waals surface area contributed by atoms with Crippen molar-refractivity contribution in [3.8, 4) is 0 Å². The van der Waals surface area contributed by atoms with Gasteiger partial charge in [-0.15, -0.1) is 0 Å². The molecule has 1 atom stereocenters. The predicted molar refractivity (Wildman–Crippen MR) is 97.1 cm³/mol.